The van der Waals surface area contributed by atoms with Crippen LogP contribution < -0.4 is 10.1 Å². The Bertz CT molecular complexity index is 404. The summed E-state index contributed by atoms with van der Waals surface area (Å²) in [5, 5.41) is 3.46. The van der Waals surface area contributed by atoms with E-state index in [2.05, 4.69) is 5.32 Å². The Morgan fingerprint density at radius 3 is 2.53 bits per heavy atom. The van der Waals surface area contributed by atoms with E-state index in [4.69, 9.17) is 16.3 Å². The van der Waals surface area contributed by atoms with E-state index in [-0.39, 0.29) is 11.9 Å². The Balaban J connectivity index is 2.67. The molecule has 94 valence electrons. The summed E-state index contributed by atoms with van der Waals surface area (Å²) in [5.74, 6) is 0.565. The lowest BCUT2D eigenvalue weighted by Crippen LogP contribution is -2.40. The molecule has 1 atom stereocenters. The van der Waals surface area contributed by atoms with Gasteiger partial charge in [-0.1, -0.05) is 11.6 Å². The molecule has 0 spiro atoms. The van der Waals surface area contributed by atoms with Gasteiger partial charge in [0.2, 0.25) is 0 Å². The number of rotatable bonds is 4. The molecule has 0 aliphatic rings. The summed E-state index contributed by atoms with van der Waals surface area (Å²) in [6.07, 6.45) is -0.516. The van der Waals surface area contributed by atoms with Gasteiger partial charge in [0.15, 0.2) is 6.10 Å². The molecule has 0 aliphatic carbocycles. The SMILES string of the molecule is Cc1cc(Cl)ccc1O[C@H](C)C(=O)NC(C)C. The third-order valence-corrected chi connectivity index (χ3v) is 2.48. The van der Waals surface area contributed by atoms with Crippen LogP contribution in [0.3, 0.4) is 0 Å². The summed E-state index contributed by atoms with van der Waals surface area (Å²) in [4.78, 5) is 11.7. The van der Waals surface area contributed by atoms with Crippen LogP contribution >= 0.6 is 11.6 Å². The highest BCUT2D eigenvalue weighted by atomic mass is 35.5. The summed E-state index contributed by atoms with van der Waals surface area (Å²) < 4.78 is 5.59. The minimum Gasteiger partial charge on any atom is -0.481 e. The lowest BCUT2D eigenvalue weighted by atomic mass is 10.2. The molecule has 0 fully saturated rings. The number of nitrogens with one attached hydrogen (secondary N) is 1. The maximum atomic E-state index is 11.7. The first-order chi connectivity index (χ1) is 7.90. The summed E-state index contributed by atoms with van der Waals surface area (Å²) >= 11 is 5.85. The van der Waals surface area contributed by atoms with E-state index in [9.17, 15) is 4.79 Å². The van der Waals surface area contributed by atoms with Gasteiger partial charge in [0, 0.05) is 11.1 Å². The van der Waals surface area contributed by atoms with Crippen LogP contribution in [-0.4, -0.2) is 18.1 Å². The largest absolute Gasteiger partial charge is 0.481 e. The van der Waals surface area contributed by atoms with E-state index >= 15 is 0 Å². The molecule has 0 bridgehead atoms. The van der Waals surface area contributed by atoms with Crippen LogP contribution in [0.15, 0.2) is 18.2 Å². The summed E-state index contributed by atoms with van der Waals surface area (Å²) in [6, 6.07) is 5.44. The number of hydrogen-bond donors (Lipinski definition) is 1. The predicted octanol–water partition coefficient (Wildman–Crippen LogP) is 2.94. The van der Waals surface area contributed by atoms with Gasteiger partial charge in [0.05, 0.1) is 0 Å². The molecule has 17 heavy (non-hydrogen) atoms. The zero-order valence-electron chi connectivity index (χ0n) is 10.6. The van der Waals surface area contributed by atoms with Crippen LogP contribution in [0.5, 0.6) is 5.75 Å². The first-order valence-electron chi connectivity index (χ1n) is 5.63. The molecule has 1 aromatic rings. The molecule has 4 heteroatoms. The summed E-state index contributed by atoms with van der Waals surface area (Å²) in [7, 11) is 0. The number of aryl methyl sites for hydroxylation is 1. The molecule has 0 heterocycles. The van der Waals surface area contributed by atoms with Crippen molar-refractivity contribution in [1.29, 1.82) is 0 Å². The second-order valence-electron chi connectivity index (χ2n) is 4.33. The molecule has 0 radical (unpaired) electrons. The maximum absolute atomic E-state index is 11.7. The van der Waals surface area contributed by atoms with E-state index in [1.807, 2.05) is 26.8 Å². The van der Waals surface area contributed by atoms with Crippen molar-refractivity contribution in [3.8, 4) is 5.75 Å². The normalized spacial score (nSPS) is 12.4. The number of halogens is 1. The minimum absolute atomic E-state index is 0.111. The third-order valence-electron chi connectivity index (χ3n) is 2.24. The van der Waals surface area contributed by atoms with Crippen LogP contribution in [0.2, 0.25) is 5.02 Å². The van der Waals surface area contributed by atoms with Gasteiger partial charge in [0.25, 0.3) is 5.91 Å². The number of carbonyl (C=O) groups excluding carboxylic acids is 1. The average Bonchev–Trinajstić information content (AvgIpc) is 2.21. The maximum Gasteiger partial charge on any atom is 0.260 e. The average molecular weight is 256 g/mol. The van der Waals surface area contributed by atoms with Crippen LogP contribution in [0.25, 0.3) is 0 Å². The first kappa shape index (κ1) is 13.8. The van der Waals surface area contributed by atoms with Crippen molar-refractivity contribution in [2.24, 2.45) is 0 Å². The van der Waals surface area contributed by atoms with Crippen LogP contribution in [-0.2, 0) is 4.79 Å². The van der Waals surface area contributed by atoms with Gasteiger partial charge < -0.3 is 10.1 Å². The fraction of sp³-hybridized carbons (Fsp3) is 0.462. The van der Waals surface area contributed by atoms with Crippen molar-refractivity contribution < 1.29 is 9.53 Å². The highest BCUT2D eigenvalue weighted by Crippen LogP contribution is 2.22. The fourth-order valence-electron chi connectivity index (χ4n) is 1.39. The van der Waals surface area contributed by atoms with Crippen LogP contribution in [0.4, 0.5) is 0 Å². The molecule has 1 aromatic carbocycles. The number of ether oxygens (including phenoxy) is 1. The van der Waals surface area contributed by atoms with Crippen LogP contribution in [0, 0.1) is 6.92 Å². The molecule has 0 saturated carbocycles. The van der Waals surface area contributed by atoms with E-state index in [0.29, 0.717) is 10.8 Å². The predicted molar refractivity (Wildman–Crippen MR) is 69.6 cm³/mol. The van der Waals surface area contributed by atoms with Crippen molar-refractivity contribution in [2.75, 3.05) is 0 Å². The Kier molecular flexibility index (Phi) is 4.82. The van der Waals surface area contributed by atoms with Gasteiger partial charge in [-0.15, -0.1) is 0 Å². The lowest BCUT2D eigenvalue weighted by Gasteiger charge is -2.17. The van der Waals surface area contributed by atoms with E-state index in [1.165, 1.54) is 0 Å². The van der Waals surface area contributed by atoms with Crippen LogP contribution in [0.1, 0.15) is 26.3 Å². The summed E-state index contributed by atoms with van der Waals surface area (Å²) in [6.45, 7) is 7.45. The first-order valence-corrected chi connectivity index (χ1v) is 6.01. The van der Waals surface area contributed by atoms with Gasteiger partial charge in [0.1, 0.15) is 5.75 Å². The topological polar surface area (TPSA) is 38.3 Å². The highest BCUT2D eigenvalue weighted by molar-refractivity contribution is 6.30. The number of amides is 1. The summed E-state index contributed by atoms with van der Waals surface area (Å²) in [5.41, 5.74) is 0.918. The van der Waals surface area contributed by atoms with E-state index in [0.717, 1.165) is 5.56 Å². The molecule has 0 aromatic heterocycles. The highest BCUT2D eigenvalue weighted by Gasteiger charge is 2.16. The molecule has 0 saturated heterocycles. The number of hydrogen-bond acceptors (Lipinski definition) is 2. The molecular weight excluding hydrogens is 238 g/mol. The zero-order chi connectivity index (χ0) is 13.0. The van der Waals surface area contributed by atoms with Crippen molar-refractivity contribution in [1.82, 2.24) is 5.32 Å². The van der Waals surface area contributed by atoms with Gasteiger partial charge in [-0.05, 0) is 51.5 Å². The van der Waals surface area contributed by atoms with Crippen molar-refractivity contribution in [2.45, 2.75) is 39.8 Å². The molecule has 0 unspecified atom stereocenters. The monoisotopic (exact) mass is 255 g/mol. The van der Waals surface area contributed by atoms with Gasteiger partial charge >= 0.3 is 0 Å². The Morgan fingerprint density at radius 1 is 1.35 bits per heavy atom. The second kappa shape index (κ2) is 5.92. The minimum atomic E-state index is -0.516. The van der Waals surface area contributed by atoms with E-state index < -0.39 is 6.10 Å². The third kappa shape index (κ3) is 4.27. The molecule has 0 aliphatic heterocycles. The van der Waals surface area contributed by atoms with Gasteiger partial charge in [-0.2, -0.15) is 0 Å². The zero-order valence-corrected chi connectivity index (χ0v) is 11.3. The molecule has 3 nitrogen and oxygen atoms in total. The second-order valence-corrected chi connectivity index (χ2v) is 4.77. The van der Waals surface area contributed by atoms with Gasteiger partial charge in [-0.25, -0.2) is 0 Å². The Morgan fingerprint density at radius 2 is 2.00 bits per heavy atom. The van der Waals surface area contributed by atoms with Gasteiger partial charge in [-0.3, -0.25) is 4.79 Å². The van der Waals surface area contributed by atoms with Crippen molar-refractivity contribution in [3.63, 3.8) is 0 Å². The van der Waals surface area contributed by atoms with Crippen molar-refractivity contribution in [3.05, 3.63) is 28.8 Å². The Hall–Kier alpha value is -1.22. The molecule has 1 rings (SSSR count). The quantitative estimate of drug-likeness (QED) is 0.898. The smallest absolute Gasteiger partial charge is 0.260 e. The number of carbonyl (C=O) groups is 1. The number of benzene rings is 1. The molecule has 1 N–H and O–H groups in total. The Labute approximate surface area is 107 Å². The van der Waals surface area contributed by atoms with E-state index in [1.54, 1.807) is 19.1 Å². The lowest BCUT2D eigenvalue weighted by molar-refractivity contribution is -0.127. The molecular formula is C13H18ClNO2. The fourth-order valence-corrected chi connectivity index (χ4v) is 1.62. The van der Waals surface area contributed by atoms with Crippen molar-refractivity contribution >= 4 is 17.5 Å². The molecule has 1 amide bonds. The standard InChI is InChI=1S/C13H18ClNO2/c1-8(2)15-13(16)10(4)17-12-6-5-11(14)7-9(12)3/h5-8,10H,1-4H3,(H,15,16)/t10-/m1/s1.